The predicted octanol–water partition coefficient (Wildman–Crippen LogP) is 2.73. The zero-order valence-corrected chi connectivity index (χ0v) is 20.5. The molecule has 1 saturated heterocycles. The van der Waals surface area contributed by atoms with E-state index in [1.54, 1.807) is 0 Å². The van der Waals surface area contributed by atoms with Gasteiger partial charge in [-0.3, -0.25) is 0 Å². The van der Waals surface area contributed by atoms with E-state index >= 15 is 0 Å². The molecule has 0 unspecified atom stereocenters. The van der Waals surface area contributed by atoms with Crippen molar-refractivity contribution in [2.24, 2.45) is 0 Å². The zero-order chi connectivity index (χ0) is 21.4. The van der Waals surface area contributed by atoms with Gasteiger partial charge < -0.3 is 0 Å². The van der Waals surface area contributed by atoms with E-state index in [1.807, 2.05) is 0 Å². The summed E-state index contributed by atoms with van der Waals surface area (Å²) in [6.07, 6.45) is 8.17. The van der Waals surface area contributed by atoms with Crippen LogP contribution in [0.2, 0.25) is 0 Å². The van der Waals surface area contributed by atoms with Gasteiger partial charge in [0.15, 0.2) is 0 Å². The summed E-state index contributed by atoms with van der Waals surface area (Å²) >= 11 is 0.123. The van der Waals surface area contributed by atoms with Crippen LogP contribution >= 0.6 is 0 Å². The summed E-state index contributed by atoms with van der Waals surface area (Å²) in [7, 11) is 4.19. The molecule has 0 aliphatic carbocycles. The van der Waals surface area contributed by atoms with Crippen LogP contribution < -0.4 is 18.7 Å². The summed E-state index contributed by atoms with van der Waals surface area (Å²) in [5, 5.41) is 0. The first-order valence-corrected chi connectivity index (χ1v) is 13.5. The van der Waals surface area contributed by atoms with Crippen molar-refractivity contribution in [3.05, 3.63) is 47.0 Å². The molecule has 5 rings (SSSR count). The van der Waals surface area contributed by atoms with Gasteiger partial charge in [0, 0.05) is 0 Å². The molecule has 3 aliphatic rings. The average molecular weight is 483 g/mol. The molecule has 164 valence electrons. The molecule has 0 saturated carbocycles. The maximum atomic E-state index is 13.8. The van der Waals surface area contributed by atoms with E-state index in [1.165, 1.54) is 63.8 Å². The summed E-state index contributed by atoms with van der Waals surface area (Å²) in [4.78, 5) is 20.6. The molecule has 31 heavy (non-hydrogen) atoms. The van der Waals surface area contributed by atoms with Crippen molar-refractivity contribution >= 4 is 41.2 Å². The monoisotopic (exact) mass is 483 g/mol. The number of anilines is 2. The van der Waals surface area contributed by atoms with E-state index in [-0.39, 0.29) is 20.9 Å². The second-order valence-corrected chi connectivity index (χ2v) is 11.6. The van der Waals surface area contributed by atoms with Gasteiger partial charge in [-0.2, -0.15) is 0 Å². The molecule has 0 radical (unpaired) electrons. The molecular formula is C26H33N3OSe. The summed E-state index contributed by atoms with van der Waals surface area (Å²) < 4.78 is 2.71. The number of piperidine rings is 1. The fourth-order valence-electron chi connectivity index (χ4n) is 5.32. The minimum atomic E-state index is 0.123. The van der Waals surface area contributed by atoms with Crippen LogP contribution in [0.3, 0.4) is 0 Å². The molecule has 1 amide bonds. The fraction of sp³-hybridized carbons (Fsp3) is 0.500. The van der Waals surface area contributed by atoms with Gasteiger partial charge in [0.1, 0.15) is 0 Å². The van der Waals surface area contributed by atoms with Crippen molar-refractivity contribution in [1.82, 2.24) is 4.90 Å². The Kier molecular flexibility index (Phi) is 5.99. The number of hydrogen-bond acceptors (Lipinski definition) is 3. The second kappa shape index (κ2) is 8.88. The standard InChI is InChI=1S/C26H33N3OSe/c1-27(2)20-10-6-11-21(18-20)31-25-22-12-8-16-28-15-7-9-19(24(22)28)17-23(25)26(30)29-13-4-3-5-14-29/h6,10-11,17-18H,3-5,7-9,12-16H2,1-2H3. The fourth-order valence-corrected chi connectivity index (χ4v) is 7.71. The SMILES string of the molecule is CN(C)c1cccc([Se]c2c(C(=O)N3CCCCC3)cc3c4c2CCCN4CCC3)c1. The summed E-state index contributed by atoms with van der Waals surface area (Å²) in [5.41, 5.74) is 6.63. The van der Waals surface area contributed by atoms with Gasteiger partial charge in [0.05, 0.1) is 0 Å². The summed E-state index contributed by atoms with van der Waals surface area (Å²) in [6, 6.07) is 11.2. The Hall–Kier alpha value is -1.97. The van der Waals surface area contributed by atoms with Gasteiger partial charge in [0.2, 0.25) is 0 Å². The molecule has 0 aromatic heterocycles. The molecule has 1 fully saturated rings. The first-order valence-electron chi connectivity index (χ1n) is 11.8. The molecule has 4 nitrogen and oxygen atoms in total. The van der Waals surface area contributed by atoms with Gasteiger partial charge >= 0.3 is 193 Å². The number of likely N-dealkylation sites (tertiary alicyclic amines) is 1. The van der Waals surface area contributed by atoms with Crippen molar-refractivity contribution in [3.63, 3.8) is 0 Å². The van der Waals surface area contributed by atoms with E-state index in [0.717, 1.165) is 44.3 Å². The maximum absolute atomic E-state index is 13.8. The van der Waals surface area contributed by atoms with Crippen molar-refractivity contribution in [3.8, 4) is 0 Å². The molecule has 0 atom stereocenters. The van der Waals surface area contributed by atoms with Crippen molar-refractivity contribution in [2.45, 2.75) is 44.9 Å². The van der Waals surface area contributed by atoms with Crippen molar-refractivity contribution in [2.75, 3.05) is 50.1 Å². The number of rotatable bonds is 4. The van der Waals surface area contributed by atoms with Gasteiger partial charge in [-0.15, -0.1) is 0 Å². The molecule has 0 N–H and O–H groups in total. The van der Waals surface area contributed by atoms with Gasteiger partial charge in [-0.25, -0.2) is 0 Å². The Labute approximate surface area is 192 Å². The average Bonchev–Trinajstić information content (AvgIpc) is 2.81. The molecule has 0 bridgehead atoms. The van der Waals surface area contributed by atoms with Gasteiger partial charge in [-0.1, -0.05) is 0 Å². The topological polar surface area (TPSA) is 26.8 Å². The van der Waals surface area contributed by atoms with E-state index in [4.69, 9.17) is 0 Å². The summed E-state index contributed by atoms with van der Waals surface area (Å²) in [5.74, 6) is 0.280. The van der Waals surface area contributed by atoms with Crippen LogP contribution in [0.25, 0.3) is 0 Å². The number of benzene rings is 2. The Morgan fingerprint density at radius 1 is 0.935 bits per heavy atom. The number of amides is 1. The first-order chi connectivity index (χ1) is 15.1. The number of carbonyl (C=O) groups excluding carboxylic acids is 1. The van der Waals surface area contributed by atoms with E-state index in [2.05, 4.69) is 59.1 Å². The molecule has 0 spiro atoms. The van der Waals surface area contributed by atoms with Crippen molar-refractivity contribution in [1.29, 1.82) is 0 Å². The van der Waals surface area contributed by atoms with E-state index in [9.17, 15) is 4.79 Å². The third-order valence-electron chi connectivity index (χ3n) is 6.90. The van der Waals surface area contributed by atoms with Crippen LogP contribution in [0.5, 0.6) is 0 Å². The van der Waals surface area contributed by atoms with Crippen LogP contribution in [-0.2, 0) is 12.8 Å². The molecule has 3 aliphatic heterocycles. The third-order valence-corrected chi connectivity index (χ3v) is 9.33. The zero-order valence-electron chi connectivity index (χ0n) is 18.8. The quantitative estimate of drug-likeness (QED) is 0.628. The second-order valence-electron chi connectivity index (χ2n) is 9.28. The van der Waals surface area contributed by atoms with Crippen LogP contribution in [0.4, 0.5) is 11.4 Å². The molecule has 2 aromatic rings. The van der Waals surface area contributed by atoms with Gasteiger partial charge in [-0.05, 0) is 0 Å². The minimum absolute atomic E-state index is 0.123. The number of nitrogens with zero attached hydrogens (tertiary/aromatic N) is 3. The van der Waals surface area contributed by atoms with Crippen LogP contribution in [0, 0.1) is 0 Å². The Morgan fingerprint density at radius 2 is 1.71 bits per heavy atom. The summed E-state index contributed by atoms with van der Waals surface area (Å²) in [6.45, 7) is 4.17. The van der Waals surface area contributed by atoms with Gasteiger partial charge in [0.25, 0.3) is 0 Å². The van der Waals surface area contributed by atoms with Crippen LogP contribution in [0.1, 0.15) is 53.6 Å². The molecular weight excluding hydrogens is 449 g/mol. The van der Waals surface area contributed by atoms with E-state index < -0.39 is 0 Å². The normalized spacial score (nSPS) is 18.0. The molecule has 5 heteroatoms. The first kappa shape index (κ1) is 20.9. The Morgan fingerprint density at radius 3 is 2.48 bits per heavy atom. The van der Waals surface area contributed by atoms with E-state index in [0.29, 0.717) is 0 Å². The predicted molar refractivity (Wildman–Crippen MR) is 131 cm³/mol. The molecule has 2 aromatic carbocycles. The molecule has 3 heterocycles. The Balaban J connectivity index is 1.61. The van der Waals surface area contributed by atoms with Crippen LogP contribution in [-0.4, -0.2) is 66.0 Å². The third kappa shape index (κ3) is 4.10. The number of carbonyl (C=O) groups is 1. The van der Waals surface area contributed by atoms with Crippen LogP contribution in [0.15, 0.2) is 30.3 Å². The number of hydrogen-bond donors (Lipinski definition) is 0. The number of aryl methyl sites for hydroxylation is 1. The Bertz CT molecular complexity index is 979. The van der Waals surface area contributed by atoms with Crippen molar-refractivity contribution < 1.29 is 4.79 Å².